The van der Waals surface area contributed by atoms with Crippen LogP contribution in [-0.4, -0.2) is 11.6 Å². The standard InChI is InChI=1S/C13H22N2/c1-10-8-12(2,3)6-7-13(10,9-14)15-11-4-5-11/h10-11,15H,4-8H2,1-3H3. The van der Waals surface area contributed by atoms with Gasteiger partial charge in [-0.05, 0) is 43.4 Å². The third-order valence-corrected chi connectivity index (χ3v) is 4.13. The van der Waals surface area contributed by atoms with Gasteiger partial charge in [0.1, 0.15) is 5.54 Å². The monoisotopic (exact) mass is 206 g/mol. The Hall–Kier alpha value is -0.550. The van der Waals surface area contributed by atoms with Gasteiger partial charge in [-0.25, -0.2) is 0 Å². The molecule has 2 aliphatic rings. The van der Waals surface area contributed by atoms with Crippen LogP contribution >= 0.6 is 0 Å². The molecule has 0 bridgehead atoms. The molecule has 1 N–H and O–H groups in total. The normalized spacial score (nSPS) is 39.7. The summed E-state index contributed by atoms with van der Waals surface area (Å²) in [7, 11) is 0. The van der Waals surface area contributed by atoms with Gasteiger partial charge in [0, 0.05) is 6.04 Å². The molecule has 0 aromatic heterocycles. The maximum Gasteiger partial charge on any atom is 0.109 e. The van der Waals surface area contributed by atoms with Crippen LogP contribution in [0.15, 0.2) is 0 Å². The van der Waals surface area contributed by atoms with E-state index in [0.29, 0.717) is 17.4 Å². The van der Waals surface area contributed by atoms with E-state index in [-0.39, 0.29) is 5.54 Å². The van der Waals surface area contributed by atoms with Crippen LogP contribution < -0.4 is 5.32 Å². The van der Waals surface area contributed by atoms with Crippen LogP contribution in [0.2, 0.25) is 0 Å². The predicted molar refractivity (Wildman–Crippen MR) is 61.3 cm³/mol. The van der Waals surface area contributed by atoms with Gasteiger partial charge in [-0.15, -0.1) is 0 Å². The zero-order valence-electron chi connectivity index (χ0n) is 10.1. The number of hydrogen-bond acceptors (Lipinski definition) is 2. The van der Waals surface area contributed by atoms with Crippen molar-refractivity contribution in [3.8, 4) is 6.07 Å². The van der Waals surface area contributed by atoms with E-state index in [1.807, 2.05) is 0 Å². The lowest BCUT2D eigenvalue weighted by molar-refractivity contribution is 0.108. The van der Waals surface area contributed by atoms with Crippen molar-refractivity contribution in [2.24, 2.45) is 11.3 Å². The van der Waals surface area contributed by atoms with Crippen LogP contribution in [0.3, 0.4) is 0 Å². The summed E-state index contributed by atoms with van der Waals surface area (Å²) in [4.78, 5) is 0. The summed E-state index contributed by atoms with van der Waals surface area (Å²) >= 11 is 0. The molecule has 0 aromatic rings. The highest BCUT2D eigenvalue weighted by molar-refractivity contribution is 5.15. The topological polar surface area (TPSA) is 35.8 Å². The van der Waals surface area contributed by atoms with Gasteiger partial charge in [-0.1, -0.05) is 20.8 Å². The van der Waals surface area contributed by atoms with Crippen molar-refractivity contribution in [3.63, 3.8) is 0 Å². The van der Waals surface area contributed by atoms with Crippen LogP contribution in [0.5, 0.6) is 0 Å². The Kier molecular flexibility index (Phi) is 2.55. The van der Waals surface area contributed by atoms with Crippen molar-refractivity contribution >= 4 is 0 Å². The fourth-order valence-corrected chi connectivity index (χ4v) is 2.89. The molecule has 2 nitrogen and oxygen atoms in total. The van der Waals surface area contributed by atoms with E-state index >= 15 is 0 Å². The highest BCUT2D eigenvalue weighted by atomic mass is 15.0. The Morgan fingerprint density at radius 1 is 1.27 bits per heavy atom. The molecule has 0 aliphatic heterocycles. The van der Waals surface area contributed by atoms with Crippen molar-refractivity contribution in [1.82, 2.24) is 5.32 Å². The van der Waals surface area contributed by atoms with E-state index in [1.165, 1.54) is 25.7 Å². The third-order valence-electron chi connectivity index (χ3n) is 4.13. The first-order valence-corrected chi connectivity index (χ1v) is 6.16. The quantitative estimate of drug-likeness (QED) is 0.754. The summed E-state index contributed by atoms with van der Waals surface area (Å²) in [5, 5.41) is 13.0. The van der Waals surface area contributed by atoms with Crippen LogP contribution in [0.25, 0.3) is 0 Å². The van der Waals surface area contributed by atoms with Gasteiger partial charge in [0.25, 0.3) is 0 Å². The number of hydrogen-bond donors (Lipinski definition) is 1. The molecule has 2 saturated carbocycles. The van der Waals surface area contributed by atoms with Crippen molar-refractivity contribution in [2.75, 3.05) is 0 Å². The minimum Gasteiger partial charge on any atom is -0.296 e. The second-order valence-electron chi connectivity index (χ2n) is 6.27. The summed E-state index contributed by atoms with van der Waals surface area (Å²) in [6.45, 7) is 6.88. The van der Waals surface area contributed by atoms with Gasteiger partial charge in [0.05, 0.1) is 6.07 Å². The van der Waals surface area contributed by atoms with E-state index < -0.39 is 0 Å². The zero-order valence-corrected chi connectivity index (χ0v) is 10.1. The summed E-state index contributed by atoms with van der Waals surface area (Å²) in [6.07, 6.45) is 5.89. The molecule has 0 saturated heterocycles. The molecule has 0 radical (unpaired) electrons. The molecule has 2 heteroatoms. The smallest absolute Gasteiger partial charge is 0.109 e. The lowest BCUT2D eigenvalue weighted by Gasteiger charge is -2.45. The second-order valence-corrected chi connectivity index (χ2v) is 6.27. The molecular weight excluding hydrogens is 184 g/mol. The molecule has 15 heavy (non-hydrogen) atoms. The Bertz CT molecular complexity index is 285. The van der Waals surface area contributed by atoms with Gasteiger partial charge in [0.15, 0.2) is 0 Å². The Labute approximate surface area is 93.0 Å². The van der Waals surface area contributed by atoms with Gasteiger partial charge in [0.2, 0.25) is 0 Å². The average Bonchev–Trinajstić information content (AvgIpc) is 2.93. The Morgan fingerprint density at radius 3 is 2.40 bits per heavy atom. The summed E-state index contributed by atoms with van der Waals surface area (Å²) in [5.74, 6) is 0.479. The Balaban J connectivity index is 2.09. The van der Waals surface area contributed by atoms with Crippen LogP contribution in [0.4, 0.5) is 0 Å². The molecular formula is C13H22N2. The zero-order chi connectivity index (χ0) is 11.1. The largest absolute Gasteiger partial charge is 0.296 e. The molecule has 2 atom stereocenters. The minimum atomic E-state index is -0.226. The maximum absolute atomic E-state index is 9.45. The van der Waals surface area contributed by atoms with Crippen molar-refractivity contribution in [1.29, 1.82) is 5.26 Å². The van der Waals surface area contributed by atoms with Crippen LogP contribution in [0.1, 0.15) is 52.9 Å². The molecule has 2 aliphatic carbocycles. The first kappa shape index (κ1) is 11.0. The van der Waals surface area contributed by atoms with E-state index in [1.54, 1.807) is 0 Å². The number of nitrogens with one attached hydrogen (secondary N) is 1. The average molecular weight is 206 g/mol. The third kappa shape index (κ3) is 2.18. The first-order valence-electron chi connectivity index (χ1n) is 6.16. The lowest BCUT2D eigenvalue weighted by atomic mass is 9.64. The lowest BCUT2D eigenvalue weighted by Crippen LogP contribution is -2.54. The molecule has 84 valence electrons. The highest BCUT2D eigenvalue weighted by Gasteiger charge is 2.46. The van der Waals surface area contributed by atoms with Gasteiger partial charge in [-0.2, -0.15) is 5.26 Å². The van der Waals surface area contributed by atoms with E-state index in [4.69, 9.17) is 0 Å². The van der Waals surface area contributed by atoms with E-state index in [9.17, 15) is 5.26 Å². The van der Waals surface area contributed by atoms with Gasteiger partial charge in [-0.3, -0.25) is 5.32 Å². The highest BCUT2D eigenvalue weighted by Crippen LogP contribution is 2.44. The summed E-state index contributed by atoms with van der Waals surface area (Å²) in [6, 6.07) is 3.20. The van der Waals surface area contributed by atoms with Crippen LogP contribution in [-0.2, 0) is 0 Å². The molecule has 0 amide bonds. The molecule has 0 heterocycles. The van der Waals surface area contributed by atoms with E-state index in [0.717, 1.165) is 6.42 Å². The fourth-order valence-electron chi connectivity index (χ4n) is 2.89. The SMILES string of the molecule is CC1CC(C)(C)CCC1(C#N)NC1CC1. The van der Waals surface area contributed by atoms with Crippen molar-refractivity contribution in [2.45, 2.75) is 64.5 Å². The summed E-state index contributed by atoms with van der Waals surface area (Å²) < 4.78 is 0. The maximum atomic E-state index is 9.45. The van der Waals surface area contributed by atoms with Gasteiger partial charge < -0.3 is 0 Å². The summed E-state index contributed by atoms with van der Waals surface area (Å²) in [5.41, 5.74) is 0.196. The number of rotatable bonds is 2. The van der Waals surface area contributed by atoms with Gasteiger partial charge >= 0.3 is 0 Å². The van der Waals surface area contributed by atoms with E-state index in [2.05, 4.69) is 32.2 Å². The van der Waals surface area contributed by atoms with Crippen molar-refractivity contribution in [3.05, 3.63) is 0 Å². The number of nitriles is 1. The number of nitrogens with zero attached hydrogens (tertiary/aromatic N) is 1. The predicted octanol–water partition coefficient (Wildman–Crippen LogP) is 2.85. The van der Waals surface area contributed by atoms with Crippen LogP contribution in [0, 0.1) is 22.7 Å². The molecule has 0 spiro atoms. The molecule has 2 rings (SSSR count). The molecule has 0 aromatic carbocycles. The minimum absolute atomic E-state index is 0.226. The Morgan fingerprint density at radius 2 is 1.93 bits per heavy atom. The van der Waals surface area contributed by atoms with Crippen molar-refractivity contribution < 1.29 is 0 Å². The molecule has 2 unspecified atom stereocenters. The molecule has 2 fully saturated rings. The first-order chi connectivity index (χ1) is 6.97. The second kappa shape index (κ2) is 3.49. The fraction of sp³-hybridized carbons (Fsp3) is 0.923.